The summed E-state index contributed by atoms with van der Waals surface area (Å²) in [7, 11) is 0. The zero-order chi connectivity index (χ0) is 27.9. The molecule has 0 bridgehead atoms. The molecule has 4 aliphatic rings. The van der Waals surface area contributed by atoms with Crippen LogP contribution in [-0.4, -0.2) is 51.5 Å². The molecule has 3 heterocycles. The standard InChI is InChI=1S/C36H34O6/c1-2-4-24(5-3-1)33-19-36(25-6-10-27(11-7-25)38-20-30-22-40-30,26-8-12-28(13-9-26)42-35-16-17-37-35)34-18-29(14-15-32(33)34)39-21-31-23-41-31/h1-15,18,30-31,33,35H,16-17,19-23H2. The molecule has 42 heavy (non-hydrogen) atoms. The first kappa shape index (κ1) is 25.8. The molecule has 0 N–H and O–H groups in total. The number of hydrogen-bond donors (Lipinski definition) is 0. The average Bonchev–Trinajstić information content (AvgIpc) is 3.96. The minimum Gasteiger partial charge on any atom is -0.491 e. The molecule has 8 rings (SSSR count). The Hall–Kier alpha value is -3.84. The van der Waals surface area contributed by atoms with Crippen molar-refractivity contribution in [1.29, 1.82) is 0 Å². The maximum Gasteiger partial charge on any atom is 0.202 e. The SMILES string of the molecule is c1ccc(C2CC(c3ccc(OCC4CO4)cc3)(c3ccc(OC4CCO4)cc3)c3cc(OCC4CO4)ccc32)cc1. The quantitative estimate of drug-likeness (QED) is 0.202. The molecule has 6 heteroatoms. The van der Waals surface area contributed by atoms with Crippen LogP contribution in [0.15, 0.2) is 97.1 Å². The van der Waals surface area contributed by atoms with Crippen LogP contribution in [0, 0.1) is 0 Å². The third-order valence-electron chi connectivity index (χ3n) is 8.87. The van der Waals surface area contributed by atoms with E-state index in [1.165, 1.54) is 27.8 Å². The number of epoxide rings is 2. The summed E-state index contributed by atoms with van der Waals surface area (Å²) in [5, 5.41) is 0. The van der Waals surface area contributed by atoms with Gasteiger partial charge in [0.1, 0.15) is 42.7 Å². The molecule has 6 nitrogen and oxygen atoms in total. The van der Waals surface area contributed by atoms with E-state index in [1.54, 1.807) is 0 Å². The fraction of sp³-hybridized carbons (Fsp3) is 0.333. The lowest BCUT2D eigenvalue weighted by molar-refractivity contribution is -0.165. The molecule has 0 saturated carbocycles. The number of rotatable bonds is 11. The highest BCUT2D eigenvalue weighted by atomic mass is 16.7. The summed E-state index contributed by atoms with van der Waals surface area (Å²) < 4.78 is 34.5. The minimum absolute atomic E-state index is 0.150. The zero-order valence-corrected chi connectivity index (χ0v) is 23.4. The van der Waals surface area contributed by atoms with Gasteiger partial charge in [0.15, 0.2) is 0 Å². The number of benzene rings is 4. The van der Waals surface area contributed by atoms with E-state index < -0.39 is 5.41 Å². The van der Waals surface area contributed by atoms with Crippen molar-refractivity contribution in [1.82, 2.24) is 0 Å². The summed E-state index contributed by atoms with van der Waals surface area (Å²) in [5.74, 6) is 2.77. The van der Waals surface area contributed by atoms with E-state index in [9.17, 15) is 0 Å². The fourth-order valence-electron chi connectivity index (χ4n) is 6.34. The molecule has 0 spiro atoms. The molecule has 214 valence electrons. The van der Waals surface area contributed by atoms with Crippen LogP contribution in [0.4, 0.5) is 0 Å². The summed E-state index contributed by atoms with van der Waals surface area (Å²) >= 11 is 0. The van der Waals surface area contributed by atoms with Gasteiger partial charge in [-0.2, -0.15) is 0 Å². The summed E-state index contributed by atoms with van der Waals surface area (Å²) in [4.78, 5) is 0. The van der Waals surface area contributed by atoms with Crippen molar-refractivity contribution in [3.63, 3.8) is 0 Å². The van der Waals surface area contributed by atoms with Gasteiger partial charge >= 0.3 is 0 Å². The molecule has 0 amide bonds. The summed E-state index contributed by atoms with van der Waals surface area (Å²) in [6, 6.07) is 34.6. The maximum absolute atomic E-state index is 6.23. The Balaban J connectivity index is 1.23. The van der Waals surface area contributed by atoms with E-state index in [0.717, 1.165) is 49.9 Å². The van der Waals surface area contributed by atoms with Crippen molar-refractivity contribution >= 4 is 0 Å². The average molecular weight is 563 g/mol. The Kier molecular flexibility index (Phi) is 6.63. The maximum atomic E-state index is 6.23. The van der Waals surface area contributed by atoms with Crippen LogP contribution in [-0.2, 0) is 19.6 Å². The molecule has 4 aromatic rings. The van der Waals surface area contributed by atoms with Gasteiger partial charge in [-0.15, -0.1) is 0 Å². The first-order valence-corrected chi connectivity index (χ1v) is 14.9. The Labute approximate surface area is 246 Å². The molecule has 3 aliphatic heterocycles. The molecular weight excluding hydrogens is 528 g/mol. The van der Waals surface area contributed by atoms with Crippen molar-refractivity contribution in [2.75, 3.05) is 33.0 Å². The van der Waals surface area contributed by atoms with E-state index in [2.05, 4.69) is 97.1 Å². The molecule has 5 unspecified atom stereocenters. The van der Waals surface area contributed by atoms with Crippen LogP contribution in [0.1, 0.15) is 46.6 Å². The van der Waals surface area contributed by atoms with Crippen LogP contribution >= 0.6 is 0 Å². The van der Waals surface area contributed by atoms with E-state index >= 15 is 0 Å². The molecule has 3 fully saturated rings. The van der Waals surface area contributed by atoms with Gasteiger partial charge in [0.25, 0.3) is 0 Å². The second-order valence-electron chi connectivity index (χ2n) is 11.6. The normalized spacial score (nSPS) is 27.0. The van der Waals surface area contributed by atoms with Gasteiger partial charge in [0.2, 0.25) is 6.29 Å². The smallest absolute Gasteiger partial charge is 0.202 e. The molecule has 1 aliphatic carbocycles. The highest BCUT2D eigenvalue weighted by molar-refractivity contribution is 5.62. The third kappa shape index (κ3) is 5.04. The number of ether oxygens (including phenoxy) is 6. The predicted molar refractivity (Wildman–Crippen MR) is 158 cm³/mol. The van der Waals surface area contributed by atoms with Crippen molar-refractivity contribution in [2.24, 2.45) is 0 Å². The first-order chi connectivity index (χ1) is 20.7. The highest BCUT2D eigenvalue weighted by Crippen LogP contribution is 2.56. The lowest BCUT2D eigenvalue weighted by atomic mass is 9.69. The summed E-state index contributed by atoms with van der Waals surface area (Å²) in [6.45, 7) is 3.46. The van der Waals surface area contributed by atoms with Crippen LogP contribution < -0.4 is 14.2 Å². The minimum atomic E-state index is -0.408. The van der Waals surface area contributed by atoms with Gasteiger partial charge in [0.05, 0.1) is 19.8 Å². The van der Waals surface area contributed by atoms with Gasteiger partial charge in [-0.1, -0.05) is 60.7 Å². The van der Waals surface area contributed by atoms with Crippen molar-refractivity contribution in [2.45, 2.75) is 42.7 Å². The van der Waals surface area contributed by atoms with E-state index in [1.807, 2.05) is 0 Å². The van der Waals surface area contributed by atoms with Crippen molar-refractivity contribution in [3.05, 3.63) is 125 Å². The number of fused-ring (bicyclic) bond motifs is 1. The third-order valence-corrected chi connectivity index (χ3v) is 8.87. The molecule has 5 atom stereocenters. The second kappa shape index (κ2) is 10.8. The van der Waals surface area contributed by atoms with Crippen LogP contribution in [0.5, 0.6) is 17.2 Å². The largest absolute Gasteiger partial charge is 0.491 e. The van der Waals surface area contributed by atoms with Crippen molar-refractivity contribution in [3.8, 4) is 17.2 Å². The Morgan fingerprint density at radius 3 is 1.86 bits per heavy atom. The Bertz CT molecular complexity index is 1520. The van der Waals surface area contributed by atoms with Gasteiger partial charge in [-0.25, -0.2) is 0 Å². The lowest BCUT2D eigenvalue weighted by Gasteiger charge is -2.33. The Morgan fingerprint density at radius 1 is 0.667 bits per heavy atom. The van der Waals surface area contributed by atoms with E-state index in [4.69, 9.17) is 28.4 Å². The lowest BCUT2D eigenvalue weighted by Crippen LogP contribution is -2.32. The number of hydrogen-bond acceptors (Lipinski definition) is 6. The topological polar surface area (TPSA) is 62.0 Å². The van der Waals surface area contributed by atoms with Gasteiger partial charge in [-0.05, 0) is 70.6 Å². The van der Waals surface area contributed by atoms with Gasteiger partial charge in [-0.3, -0.25) is 0 Å². The molecular formula is C36H34O6. The van der Waals surface area contributed by atoms with Crippen molar-refractivity contribution < 1.29 is 28.4 Å². The van der Waals surface area contributed by atoms with Crippen LogP contribution in [0.2, 0.25) is 0 Å². The van der Waals surface area contributed by atoms with E-state index in [-0.39, 0.29) is 24.4 Å². The summed E-state index contributed by atoms with van der Waals surface area (Å²) in [5.41, 5.74) is 5.93. The molecule has 3 saturated heterocycles. The second-order valence-corrected chi connectivity index (χ2v) is 11.6. The predicted octanol–water partition coefficient (Wildman–Crippen LogP) is 6.24. The van der Waals surface area contributed by atoms with Crippen LogP contribution in [0.3, 0.4) is 0 Å². The molecule has 4 aromatic carbocycles. The van der Waals surface area contributed by atoms with Gasteiger partial charge in [0, 0.05) is 17.8 Å². The monoisotopic (exact) mass is 562 g/mol. The van der Waals surface area contributed by atoms with Gasteiger partial charge < -0.3 is 28.4 Å². The first-order valence-electron chi connectivity index (χ1n) is 14.9. The highest BCUT2D eigenvalue weighted by Gasteiger charge is 2.47. The molecule has 0 radical (unpaired) electrons. The van der Waals surface area contributed by atoms with E-state index in [0.29, 0.717) is 13.2 Å². The molecule has 0 aromatic heterocycles. The van der Waals surface area contributed by atoms with Crippen LogP contribution in [0.25, 0.3) is 0 Å². The summed E-state index contributed by atoms with van der Waals surface area (Å²) in [6.07, 6.45) is 2.08. The zero-order valence-electron chi connectivity index (χ0n) is 23.4. The Morgan fingerprint density at radius 2 is 1.26 bits per heavy atom. The fourth-order valence-corrected chi connectivity index (χ4v) is 6.34.